The molecule has 5 nitrogen and oxygen atoms in total. The third-order valence-corrected chi connectivity index (χ3v) is 3.51. The minimum atomic E-state index is -3.50. The van der Waals surface area contributed by atoms with E-state index >= 15 is 0 Å². The second-order valence-electron chi connectivity index (χ2n) is 4.43. The van der Waals surface area contributed by atoms with Gasteiger partial charge in [0, 0.05) is 19.4 Å². The van der Waals surface area contributed by atoms with Crippen LogP contribution >= 0.6 is 0 Å². The number of hydrogen-bond acceptors (Lipinski definition) is 5. The van der Waals surface area contributed by atoms with Crippen LogP contribution in [-0.2, 0) is 19.0 Å². The maximum Gasteiger partial charge on any atom is 0.265 e. The predicted molar refractivity (Wildman–Crippen MR) is 66.4 cm³/mol. The van der Waals surface area contributed by atoms with Gasteiger partial charge >= 0.3 is 0 Å². The van der Waals surface area contributed by atoms with E-state index in [1.54, 1.807) is 18.3 Å². The summed E-state index contributed by atoms with van der Waals surface area (Å²) in [5.41, 5.74) is 0.662. The number of nitrogens with zero attached hydrogens (tertiary/aromatic N) is 1. The standard InChI is InChI=1S/C12H17NO4S/c1-18(14,15)17-12(10-5-8-16-9-6-10)11-4-2-3-7-13-11/h2-4,7,10,12H,5-6,8-9H2,1H3. The van der Waals surface area contributed by atoms with Crippen molar-refractivity contribution in [2.24, 2.45) is 5.92 Å². The van der Waals surface area contributed by atoms with Crippen molar-refractivity contribution in [3.05, 3.63) is 30.1 Å². The lowest BCUT2D eigenvalue weighted by Gasteiger charge is -2.28. The maximum atomic E-state index is 11.4. The van der Waals surface area contributed by atoms with Gasteiger partial charge in [-0.2, -0.15) is 8.42 Å². The molecule has 2 heterocycles. The number of hydrogen-bond donors (Lipinski definition) is 0. The van der Waals surface area contributed by atoms with E-state index in [1.165, 1.54) is 0 Å². The minimum Gasteiger partial charge on any atom is -0.381 e. The number of aromatic nitrogens is 1. The van der Waals surface area contributed by atoms with Gasteiger partial charge in [0.15, 0.2) is 0 Å². The fraction of sp³-hybridized carbons (Fsp3) is 0.583. The number of rotatable bonds is 4. The van der Waals surface area contributed by atoms with E-state index in [-0.39, 0.29) is 5.92 Å². The van der Waals surface area contributed by atoms with Crippen molar-refractivity contribution in [3.8, 4) is 0 Å². The molecule has 1 aromatic rings. The van der Waals surface area contributed by atoms with Gasteiger partial charge in [0.1, 0.15) is 6.10 Å². The van der Waals surface area contributed by atoms with E-state index in [4.69, 9.17) is 8.92 Å². The molecule has 1 fully saturated rings. The van der Waals surface area contributed by atoms with E-state index in [2.05, 4.69) is 4.98 Å². The highest BCUT2D eigenvalue weighted by Gasteiger charge is 2.30. The fourth-order valence-electron chi connectivity index (χ4n) is 2.12. The zero-order chi connectivity index (χ0) is 13.0. The molecule has 0 spiro atoms. The first kappa shape index (κ1) is 13.5. The van der Waals surface area contributed by atoms with Crippen molar-refractivity contribution in [2.75, 3.05) is 19.5 Å². The van der Waals surface area contributed by atoms with Crippen LogP contribution in [-0.4, -0.2) is 32.9 Å². The highest BCUT2D eigenvalue weighted by atomic mass is 32.2. The molecule has 1 saturated heterocycles. The van der Waals surface area contributed by atoms with E-state index < -0.39 is 16.2 Å². The summed E-state index contributed by atoms with van der Waals surface area (Å²) in [5, 5.41) is 0. The highest BCUT2D eigenvalue weighted by molar-refractivity contribution is 7.86. The Hall–Kier alpha value is -0.980. The molecule has 0 saturated carbocycles. The summed E-state index contributed by atoms with van der Waals surface area (Å²) in [6.07, 6.45) is 3.79. The van der Waals surface area contributed by atoms with Gasteiger partial charge in [-0.05, 0) is 30.9 Å². The van der Waals surface area contributed by atoms with Crippen LogP contribution < -0.4 is 0 Å². The van der Waals surface area contributed by atoms with Gasteiger partial charge in [-0.15, -0.1) is 0 Å². The molecule has 0 N–H and O–H groups in total. The SMILES string of the molecule is CS(=O)(=O)OC(c1ccccn1)C1CCOCC1. The third kappa shape index (κ3) is 3.76. The van der Waals surface area contributed by atoms with Crippen LogP contribution in [0.2, 0.25) is 0 Å². The van der Waals surface area contributed by atoms with Crippen LogP contribution in [0.5, 0.6) is 0 Å². The Labute approximate surface area is 107 Å². The van der Waals surface area contributed by atoms with Crippen LogP contribution in [0.1, 0.15) is 24.6 Å². The summed E-state index contributed by atoms with van der Waals surface area (Å²) in [4.78, 5) is 4.21. The Balaban J connectivity index is 2.22. The first-order valence-corrected chi connectivity index (χ1v) is 7.75. The van der Waals surface area contributed by atoms with Gasteiger partial charge in [0.2, 0.25) is 0 Å². The Kier molecular flexibility index (Phi) is 4.31. The monoisotopic (exact) mass is 271 g/mol. The third-order valence-electron chi connectivity index (χ3n) is 2.95. The summed E-state index contributed by atoms with van der Waals surface area (Å²) in [6, 6.07) is 5.43. The molecule has 1 aromatic heterocycles. The first-order chi connectivity index (χ1) is 8.56. The average molecular weight is 271 g/mol. The van der Waals surface area contributed by atoms with Crippen molar-refractivity contribution in [1.29, 1.82) is 0 Å². The largest absolute Gasteiger partial charge is 0.381 e. The maximum absolute atomic E-state index is 11.4. The van der Waals surface area contributed by atoms with Gasteiger partial charge < -0.3 is 4.74 Å². The predicted octanol–water partition coefficient (Wildman–Crippen LogP) is 1.53. The van der Waals surface area contributed by atoms with Crippen LogP contribution in [0.25, 0.3) is 0 Å². The van der Waals surface area contributed by atoms with Crippen molar-refractivity contribution in [1.82, 2.24) is 4.98 Å². The quantitative estimate of drug-likeness (QED) is 0.777. The minimum absolute atomic E-state index is 0.128. The molecule has 100 valence electrons. The highest BCUT2D eigenvalue weighted by Crippen LogP contribution is 2.33. The van der Waals surface area contributed by atoms with E-state index in [0.29, 0.717) is 18.9 Å². The summed E-state index contributed by atoms with van der Waals surface area (Å²) in [6.45, 7) is 1.28. The van der Waals surface area contributed by atoms with Crippen LogP contribution in [0.15, 0.2) is 24.4 Å². The van der Waals surface area contributed by atoms with E-state index in [1.807, 2.05) is 6.07 Å². The normalized spacial score (nSPS) is 19.6. The van der Waals surface area contributed by atoms with Crippen LogP contribution in [0.4, 0.5) is 0 Å². The Bertz CT molecular complexity index is 468. The lowest BCUT2D eigenvalue weighted by molar-refractivity contribution is 0.0183. The molecule has 0 amide bonds. The summed E-state index contributed by atoms with van der Waals surface area (Å²) in [5.74, 6) is 0.128. The molecular formula is C12H17NO4S. The fourth-order valence-corrected chi connectivity index (χ4v) is 2.75. The molecule has 0 radical (unpaired) electrons. The topological polar surface area (TPSA) is 65.5 Å². The second kappa shape index (κ2) is 5.77. The molecule has 1 aliphatic heterocycles. The Morgan fingerprint density at radius 2 is 2.11 bits per heavy atom. The molecule has 1 atom stereocenters. The summed E-state index contributed by atoms with van der Waals surface area (Å²) < 4.78 is 33.3. The Morgan fingerprint density at radius 3 is 2.67 bits per heavy atom. The van der Waals surface area contributed by atoms with E-state index in [0.717, 1.165) is 19.1 Å². The number of ether oxygens (including phenoxy) is 1. The van der Waals surface area contributed by atoms with Crippen LogP contribution in [0.3, 0.4) is 0 Å². The molecule has 1 unspecified atom stereocenters. The van der Waals surface area contributed by atoms with E-state index in [9.17, 15) is 8.42 Å². The lowest BCUT2D eigenvalue weighted by Crippen LogP contribution is -2.26. The van der Waals surface area contributed by atoms with Gasteiger partial charge in [-0.3, -0.25) is 9.17 Å². The van der Waals surface area contributed by atoms with Crippen molar-refractivity contribution >= 4 is 10.1 Å². The molecule has 0 aromatic carbocycles. The zero-order valence-electron chi connectivity index (χ0n) is 10.3. The lowest BCUT2D eigenvalue weighted by atomic mass is 9.92. The Morgan fingerprint density at radius 1 is 1.39 bits per heavy atom. The average Bonchev–Trinajstić information content (AvgIpc) is 2.37. The molecule has 2 rings (SSSR count). The van der Waals surface area contributed by atoms with Gasteiger partial charge in [-0.1, -0.05) is 6.07 Å². The zero-order valence-corrected chi connectivity index (χ0v) is 11.1. The second-order valence-corrected chi connectivity index (χ2v) is 6.03. The van der Waals surface area contributed by atoms with Crippen molar-refractivity contribution in [3.63, 3.8) is 0 Å². The molecule has 1 aliphatic rings. The molecule has 0 aliphatic carbocycles. The van der Waals surface area contributed by atoms with Gasteiger partial charge in [-0.25, -0.2) is 0 Å². The van der Waals surface area contributed by atoms with Crippen molar-refractivity contribution < 1.29 is 17.3 Å². The first-order valence-electron chi connectivity index (χ1n) is 5.93. The molecule has 6 heteroatoms. The molecule has 0 bridgehead atoms. The summed E-state index contributed by atoms with van der Waals surface area (Å²) in [7, 11) is -3.50. The van der Waals surface area contributed by atoms with Gasteiger partial charge in [0.25, 0.3) is 10.1 Å². The summed E-state index contributed by atoms with van der Waals surface area (Å²) >= 11 is 0. The molecular weight excluding hydrogens is 254 g/mol. The van der Waals surface area contributed by atoms with Crippen molar-refractivity contribution in [2.45, 2.75) is 18.9 Å². The molecule has 18 heavy (non-hydrogen) atoms. The number of pyridine rings is 1. The van der Waals surface area contributed by atoms with Crippen LogP contribution in [0, 0.1) is 5.92 Å². The smallest absolute Gasteiger partial charge is 0.265 e. The van der Waals surface area contributed by atoms with Gasteiger partial charge in [0.05, 0.1) is 11.9 Å².